The third kappa shape index (κ3) is 3.73. The van der Waals surface area contributed by atoms with Crippen molar-refractivity contribution >= 4 is 0 Å². The summed E-state index contributed by atoms with van der Waals surface area (Å²) in [7, 11) is 0. The lowest BCUT2D eigenvalue weighted by molar-refractivity contribution is -0.142. The summed E-state index contributed by atoms with van der Waals surface area (Å²) in [5.41, 5.74) is 2.58. The van der Waals surface area contributed by atoms with Gasteiger partial charge in [-0.2, -0.15) is 26.3 Å². The topological polar surface area (TPSA) is 26.0 Å². The quantitative estimate of drug-likeness (QED) is 0.649. The number of benzene rings is 1. The fourth-order valence-electron chi connectivity index (χ4n) is 1.61. The molecular formula is C12H11F6N. The van der Waals surface area contributed by atoms with E-state index in [2.05, 4.69) is 6.58 Å². The monoisotopic (exact) mass is 283 g/mol. The lowest BCUT2D eigenvalue weighted by Gasteiger charge is -2.19. The molecule has 0 amide bonds. The van der Waals surface area contributed by atoms with Crippen LogP contribution in [-0.4, -0.2) is 0 Å². The first-order valence-electron chi connectivity index (χ1n) is 5.22. The highest BCUT2D eigenvalue weighted by atomic mass is 19.4. The molecule has 0 spiro atoms. The molecule has 1 nitrogen and oxygen atoms in total. The summed E-state index contributed by atoms with van der Waals surface area (Å²) in [4.78, 5) is 0. The number of alkyl halides is 6. The lowest BCUT2D eigenvalue weighted by atomic mass is 9.95. The average molecular weight is 283 g/mol. The van der Waals surface area contributed by atoms with Crippen LogP contribution in [0.15, 0.2) is 30.9 Å². The van der Waals surface area contributed by atoms with Crippen molar-refractivity contribution in [2.75, 3.05) is 0 Å². The van der Waals surface area contributed by atoms with Crippen LogP contribution in [0, 0.1) is 0 Å². The van der Waals surface area contributed by atoms with Crippen molar-refractivity contribution in [2.24, 2.45) is 5.73 Å². The lowest BCUT2D eigenvalue weighted by Crippen LogP contribution is -2.19. The Kier molecular flexibility index (Phi) is 4.29. The molecule has 0 fully saturated rings. The Bertz CT molecular complexity index is 460. The Balaban J connectivity index is 3.38. The van der Waals surface area contributed by atoms with Gasteiger partial charge >= 0.3 is 12.4 Å². The predicted octanol–water partition coefficient (Wildman–Crippen LogP) is 4.30. The Hall–Kier alpha value is -1.50. The van der Waals surface area contributed by atoms with Gasteiger partial charge in [-0.1, -0.05) is 6.08 Å². The maximum Gasteiger partial charge on any atom is 0.416 e. The highest BCUT2D eigenvalue weighted by Gasteiger charge is 2.37. The molecule has 0 bridgehead atoms. The van der Waals surface area contributed by atoms with Crippen LogP contribution in [-0.2, 0) is 12.4 Å². The molecule has 1 aromatic rings. The maximum absolute atomic E-state index is 12.7. The molecule has 7 heteroatoms. The summed E-state index contributed by atoms with van der Waals surface area (Å²) < 4.78 is 75.7. The van der Waals surface area contributed by atoms with E-state index in [1.165, 1.54) is 6.08 Å². The van der Waals surface area contributed by atoms with E-state index in [9.17, 15) is 26.3 Å². The van der Waals surface area contributed by atoms with E-state index in [1.807, 2.05) is 0 Å². The minimum absolute atomic E-state index is 0.0512. The van der Waals surface area contributed by atoms with Crippen LogP contribution in [0.4, 0.5) is 26.3 Å². The molecule has 0 radical (unpaired) electrons. The number of hydrogen-bond donors (Lipinski definition) is 1. The molecule has 106 valence electrons. The van der Waals surface area contributed by atoms with Gasteiger partial charge in [0.05, 0.1) is 11.1 Å². The largest absolute Gasteiger partial charge is 0.416 e. The van der Waals surface area contributed by atoms with Crippen LogP contribution in [0.2, 0.25) is 0 Å². The first-order chi connectivity index (χ1) is 8.57. The number of halogens is 6. The van der Waals surface area contributed by atoms with Crippen molar-refractivity contribution in [1.29, 1.82) is 0 Å². The Labute approximate surface area is 105 Å². The highest BCUT2D eigenvalue weighted by molar-refractivity contribution is 5.37. The van der Waals surface area contributed by atoms with E-state index in [-0.39, 0.29) is 6.42 Å². The van der Waals surface area contributed by atoms with Crippen LogP contribution < -0.4 is 5.73 Å². The van der Waals surface area contributed by atoms with E-state index in [0.717, 1.165) is 0 Å². The van der Waals surface area contributed by atoms with Gasteiger partial charge in [-0.15, -0.1) is 6.58 Å². The number of rotatable bonds is 3. The van der Waals surface area contributed by atoms with Crippen molar-refractivity contribution in [3.05, 3.63) is 47.5 Å². The molecule has 0 unspecified atom stereocenters. The Morgan fingerprint density at radius 1 is 1.11 bits per heavy atom. The zero-order chi connectivity index (χ0) is 14.8. The van der Waals surface area contributed by atoms with Crippen molar-refractivity contribution in [3.8, 4) is 0 Å². The van der Waals surface area contributed by atoms with E-state index in [1.54, 1.807) is 0 Å². The van der Waals surface area contributed by atoms with Gasteiger partial charge in [-0.25, -0.2) is 0 Å². The normalized spacial score (nSPS) is 14.3. The first kappa shape index (κ1) is 15.6. The summed E-state index contributed by atoms with van der Waals surface area (Å²) in [6.45, 7) is 3.31. The van der Waals surface area contributed by atoms with Crippen molar-refractivity contribution in [3.63, 3.8) is 0 Å². The minimum Gasteiger partial charge on any atom is -0.324 e. The van der Waals surface area contributed by atoms with E-state index < -0.39 is 35.1 Å². The summed E-state index contributed by atoms with van der Waals surface area (Å²) in [5, 5.41) is 0. The molecule has 2 N–H and O–H groups in total. The third-order valence-corrected chi connectivity index (χ3v) is 2.50. The van der Waals surface area contributed by atoms with Crippen LogP contribution in [0.3, 0.4) is 0 Å². The number of nitrogens with two attached hydrogens (primary N) is 1. The van der Waals surface area contributed by atoms with Crippen molar-refractivity contribution in [2.45, 2.75) is 24.8 Å². The number of hydrogen-bond acceptors (Lipinski definition) is 1. The molecule has 1 rings (SSSR count). The SMILES string of the molecule is C=CC[C@@H](N)c1cc(C(F)(F)F)ccc1C(F)(F)F. The molecule has 0 heterocycles. The molecule has 1 aromatic carbocycles. The molecule has 0 aliphatic carbocycles. The van der Waals surface area contributed by atoms with Crippen LogP contribution in [0.5, 0.6) is 0 Å². The molecule has 0 aliphatic heterocycles. The van der Waals surface area contributed by atoms with Gasteiger partial charge in [0.1, 0.15) is 0 Å². The molecule has 1 atom stereocenters. The molecule has 0 saturated carbocycles. The zero-order valence-corrected chi connectivity index (χ0v) is 9.65. The molecule has 19 heavy (non-hydrogen) atoms. The molecule has 0 saturated heterocycles. The van der Waals surface area contributed by atoms with Gasteiger partial charge in [-0.3, -0.25) is 0 Å². The standard InChI is InChI=1S/C12H11F6N/c1-2-3-10(19)8-6-7(11(13,14)15)4-5-9(8)12(16,17)18/h2,4-6,10H,1,3,19H2/t10-/m1/s1. The summed E-state index contributed by atoms with van der Waals surface area (Å²) in [6, 6.07) is 0.0573. The van der Waals surface area contributed by atoms with Crippen LogP contribution in [0.25, 0.3) is 0 Å². The van der Waals surface area contributed by atoms with Crippen molar-refractivity contribution in [1.82, 2.24) is 0 Å². The summed E-state index contributed by atoms with van der Waals surface area (Å²) in [5.74, 6) is 0. The van der Waals surface area contributed by atoms with Crippen LogP contribution in [0.1, 0.15) is 29.2 Å². The summed E-state index contributed by atoms with van der Waals surface area (Å²) >= 11 is 0. The second-order valence-corrected chi connectivity index (χ2v) is 3.93. The van der Waals surface area contributed by atoms with Gasteiger partial charge in [0.2, 0.25) is 0 Å². The zero-order valence-electron chi connectivity index (χ0n) is 9.65. The molecule has 0 aromatic heterocycles. The van der Waals surface area contributed by atoms with E-state index in [4.69, 9.17) is 5.73 Å². The smallest absolute Gasteiger partial charge is 0.324 e. The fourth-order valence-corrected chi connectivity index (χ4v) is 1.61. The first-order valence-corrected chi connectivity index (χ1v) is 5.22. The fraction of sp³-hybridized carbons (Fsp3) is 0.333. The van der Waals surface area contributed by atoms with Gasteiger partial charge in [0.25, 0.3) is 0 Å². The Morgan fingerprint density at radius 3 is 2.11 bits per heavy atom. The molecular weight excluding hydrogens is 272 g/mol. The summed E-state index contributed by atoms with van der Waals surface area (Å²) in [6.07, 6.45) is -8.26. The average Bonchev–Trinajstić information content (AvgIpc) is 2.26. The van der Waals surface area contributed by atoms with Gasteiger partial charge < -0.3 is 5.73 Å². The van der Waals surface area contributed by atoms with E-state index >= 15 is 0 Å². The molecule has 0 aliphatic rings. The second-order valence-electron chi connectivity index (χ2n) is 3.93. The second kappa shape index (κ2) is 5.24. The van der Waals surface area contributed by atoms with Gasteiger partial charge in [0, 0.05) is 6.04 Å². The Morgan fingerprint density at radius 2 is 1.68 bits per heavy atom. The maximum atomic E-state index is 12.7. The van der Waals surface area contributed by atoms with E-state index in [0.29, 0.717) is 18.2 Å². The minimum atomic E-state index is -4.75. The van der Waals surface area contributed by atoms with Gasteiger partial charge in [0.15, 0.2) is 0 Å². The third-order valence-electron chi connectivity index (χ3n) is 2.50. The van der Waals surface area contributed by atoms with Crippen LogP contribution >= 0.6 is 0 Å². The van der Waals surface area contributed by atoms with Crippen molar-refractivity contribution < 1.29 is 26.3 Å². The highest BCUT2D eigenvalue weighted by Crippen LogP contribution is 2.38. The van der Waals surface area contributed by atoms with Gasteiger partial charge in [-0.05, 0) is 30.2 Å². The predicted molar refractivity (Wildman–Crippen MR) is 58.2 cm³/mol.